The summed E-state index contributed by atoms with van der Waals surface area (Å²) in [5.41, 5.74) is 1.30. The fraction of sp³-hybridized carbons (Fsp3) is 0.526. The number of unbranched alkanes of at least 4 members (excludes halogenated alkanes) is 2. The number of methoxy groups -OCH3 is 1. The van der Waals surface area contributed by atoms with Gasteiger partial charge in [0.2, 0.25) is 0 Å². The van der Waals surface area contributed by atoms with E-state index in [0.717, 1.165) is 51.5 Å². The van der Waals surface area contributed by atoms with Gasteiger partial charge < -0.3 is 19.9 Å². The van der Waals surface area contributed by atoms with Crippen molar-refractivity contribution in [2.45, 2.75) is 32.2 Å². The van der Waals surface area contributed by atoms with E-state index in [9.17, 15) is 0 Å². The molecule has 0 aliphatic rings. The average Bonchev–Trinajstić information content (AvgIpc) is 3.03. The third-order valence-electron chi connectivity index (χ3n) is 4.09. The molecule has 0 aliphatic heterocycles. The molecule has 0 radical (unpaired) electrons. The van der Waals surface area contributed by atoms with Crippen LogP contribution in [0.5, 0.6) is 0 Å². The minimum absolute atomic E-state index is 0.848. The van der Waals surface area contributed by atoms with Crippen molar-refractivity contribution in [3.8, 4) is 0 Å². The molecule has 24 heavy (non-hydrogen) atoms. The number of aromatic nitrogens is 1. The monoisotopic (exact) mass is 330 g/mol. The molecule has 132 valence electrons. The number of nitrogens with zero attached hydrogens (tertiary/aromatic N) is 2. The molecule has 0 amide bonds. The quantitative estimate of drug-likeness (QED) is 0.400. The van der Waals surface area contributed by atoms with Crippen molar-refractivity contribution in [2.75, 3.05) is 33.9 Å². The van der Waals surface area contributed by atoms with E-state index < -0.39 is 0 Å². The Balaban J connectivity index is 1.62. The zero-order valence-electron chi connectivity index (χ0n) is 14.9. The van der Waals surface area contributed by atoms with Gasteiger partial charge >= 0.3 is 0 Å². The Morgan fingerprint density at radius 1 is 1.04 bits per heavy atom. The van der Waals surface area contributed by atoms with Crippen LogP contribution in [0.2, 0.25) is 0 Å². The lowest BCUT2D eigenvalue weighted by atomic mass is 10.2. The Morgan fingerprint density at radius 2 is 1.83 bits per heavy atom. The minimum Gasteiger partial charge on any atom is -0.385 e. The molecule has 5 nitrogen and oxygen atoms in total. The predicted octanol–water partition coefficient (Wildman–Crippen LogP) is 3.01. The van der Waals surface area contributed by atoms with Crippen LogP contribution in [0.15, 0.2) is 41.5 Å². The largest absolute Gasteiger partial charge is 0.385 e. The molecule has 0 aliphatic carbocycles. The van der Waals surface area contributed by atoms with E-state index in [1.165, 1.54) is 17.3 Å². The molecule has 0 fully saturated rings. The van der Waals surface area contributed by atoms with E-state index in [0.29, 0.717) is 0 Å². The lowest BCUT2D eigenvalue weighted by Gasteiger charge is -2.12. The summed E-state index contributed by atoms with van der Waals surface area (Å²) in [5.74, 6) is 0.888. The summed E-state index contributed by atoms with van der Waals surface area (Å²) in [5, 5.41) is 8.05. The minimum atomic E-state index is 0.848. The highest BCUT2D eigenvalue weighted by atomic mass is 16.5. The van der Waals surface area contributed by atoms with Crippen LogP contribution in [-0.2, 0) is 11.3 Å². The van der Waals surface area contributed by atoms with Gasteiger partial charge in [-0.1, -0.05) is 18.2 Å². The standard InChI is InChI=1S/C19H30N4O/c1-20-19(21-12-6-3-7-16-24-2)22-13-8-14-23-15-11-17-9-4-5-10-18(17)23/h4-5,9-11,15H,3,6-8,12-14,16H2,1-2H3,(H2,20,21,22). The SMILES string of the molecule is CN=C(NCCCCCOC)NCCCn1ccc2ccccc21. The summed E-state index contributed by atoms with van der Waals surface area (Å²) in [6.07, 6.45) is 6.66. The first-order chi connectivity index (χ1) is 11.8. The zero-order chi connectivity index (χ0) is 17.0. The predicted molar refractivity (Wildman–Crippen MR) is 102 cm³/mol. The Labute approximate surface area is 145 Å². The number of aliphatic imine (C=N–C) groups is 1. The van der Waals surface area contributed by atoms with E-state index in [1.54, 1.807) is 7.11 Å². The van der Waals surface area contributed by atoms with E-state index >= 15 is 0 Å². The van der Waals surface area contributed by atoms with Crippen molar-refractivity contribution in [1.29, 1.82) is 0 Å². The summed E-state index contributed by atoms with van der Waals surface area (Å²) in [6.45, 7) is 3.72. The molecule has 1 aromatic heterocycles. The Bertz CT molecular complexity index is 621. The van der Waals surface area contributed by atoms with Crippen molar-refractivity contribution in [3.63, 3.8) is 0 Å². The first-order valence-electron chi connectivity index (χ1n) is 8.82. The maximum Gasteiger partial charge on any atom is 0.190 e. The van der Waals surface area contributed by atoms with Gasteiger partial charge in [0.1, 0.15) is 0 Å². The maximum atomic E-state index is 5.06. The van der Waals surface area contributed by atoms with Crippen molar-refractivity contribution in [3.05, 3.63) is 36.5 Å². The molecule has 0 unspecified atom stereocenters. The first-order valence-corrected chi connectivity index (χ1v) is 8.82. The van der Waals surface area contributed by atoms with Crippen molar-refractivity contribution < 1.29 is 4.74 Å². The highest BCUT2D eigenvalue weighted by Gasteiger charge is 2.00. The molecule has 5 heteroatoms. The van der Waals surface area contributed by atoms with E-state index in [2.05, 4.69) is 56.7 Å². The van der Waals surface area contributed by atoms with Gasteiger partial charge in [-0.15, -0.1) is 0 Å². The highest BCUT2D eigenvalue weighted by molar-refractivity contribution is 5.80. The van der Waals surface area contributed by atoms with Crippen molar-refractivity contribution >= 4 is 16.9 Å². The molecular weight excluding hydrogens is 300 g/mol. The normalized spacial score (nSPS) is 11.8. The fourth-order valence-electron chi connectivity index (χ4n) is 2.77. The highest BCUT2D eigenvalue weighted by Crippen LogP contribution is 2.15. The number of fused-ring (bicyclic) bond motifs is 1. The second kappa shape index (κ2) is 10.7. The molecule has 0 bridgehead atoms. The molecule has 0 spiro atoms. The molecule has 0 saturated carbocycles. The molecule has 1 aromatic carbocycles. The van der Waals surface area contributed by atoms with Crippen LogP contribution in [0.4, 0.5) is 0 Å². The van der Waals surface area contributed by atoms with Crippen LogP contribution in [0, 0.1) is 0 Å². The van der Waals surface area contributed by atoms with Crippen LogP contribution < -0.4 is 10.6 Å². The van der Waals surface area contributed by atoms with Gasteiger partial charge in [0.15, 0.2) is 5.96 Å². The first kappa shape index (κ1) is 18.3. The molecule has 2 N–H and O–H groups in total. The van der Waals surface area contributed by atoms with Gasteiger partial charge in [0.05, 0.1) is 0 Å². The molecule has 1 heterocycles. The number of aryl methyl sites for hydroxylation is 1. The number of benzene rings is 1. The smallest absolute Gasteiger partial charge is 0.190 e. The summed E-state index contributed by atoms with van der Waals surface area (Å²) < 4.78 is 7.36. The number of hydrogen-bond acceptors (Lipinski definition) is 2. The number of hydrogen-bond donors (Lipinski definition) is 2. The van der Waals surface area contributed by atoms with Gasteiger partial charge in [-0.2, -0.15) is 0 Å². The van der Waals surface area contributed by atoms with Crippen LogP contribution >= 0.6 is 0 Å². The Morgan fingerprint density at radius 3 is 2.62 bits per heavy atom. The Kier molecular flexibility index (Phi) is 8.18. The number of nitrogens with one attached hydrogen (secondary N) is 2. The van der Waals surface area contributed by atoms with Crippen LogP contribution in [-0.4, -0.2) is 44.4 Å². The molecule has 2 rings (SSSR count). The van der Waals surface area contributed by atoms with Crippen molar-refractivity contribution in [2.24, 2.45) is 4.99 Å². The van der Waals surface area contributed by atoms with Gasteiger partial charge in [0, 0.05) is 52.1 Å². The second-order valence-corrected chi connectivity index (χ2v) is 5.90. The topological polar surface area (TPSA) is 50.6 Å². The number of guanidine groups is 1. The van der Waals surface area contributed by atoms with Gasteiger partial charge in [-0.25, -0.2) is 0 Å². The van der Waals surface area contributed by atoms with Gasteiger partial charge in [-0.05, 0) is 43.2 Å². The summed E-state index contributed by atoms with van der Waals surface area (Å²) in [4.78, 5) is 4.27. The molecule has 2 aromatic rings. The van der Waals surface area contributed by atoms with E-state index in [1.807, 2.05) is 7.05 Å². The number of para-hydroxylation sites is 1. The zero-order valence-corrected chi connectivity index (χ0v) is 14.9. The third kappa shape index (κ3) is 5.89. The maximum absolute atomic E-state index is 5.06. The van der Waals surface area contributed by atoms with Crippen LogP contribution in [0.1, 0.15) is 25.7 Å². The lowest BCUT2D eigenvalue weighted by molar-refractivity contribution is 0.192. The molecule has 0 saturated heterocycles. The molecular formula is C19H30N4O. The number of ether oxygens (including phenoxy) is 1. The third-order valence-corrected chi connectivity index (χ3v) is 4.09. The second-order valence-electron chi connectivity index (χ2n) is 5.90. The summed E-state index contributed by atoms with van der Waals surface area (Å²) >= 11 is 0. The average molecular weight is 330 g/mol. The summed E-state index contributed by atoms with van der Waals surface area (Å²) in [6, 6.07) is 10.7. The van der Waals surface area contributed by atoms with E-state index in [-0.39, 0.29) is 0 Å². The summed E-state index contributed by atoms with van der Waals surface area (Å²) in [7, 11) is 3.57. The van der Waals surface area contributed by atoms with Gasteiger partial charge in [0.25, 0.3) is 0 Å². The van der Waals surface area contributed by atoms with Crippen LogP contribution in [0.25, 0.3) is 10.9 Å². The number of rotatable bonds is 10. The molecule has 0 atom stereocenters. The van der Waals surface area contributed by atoms with Crippen LogP contribution in [0.3, 0.4) is 0 Å². The lowest BCUT2D eigenvalue weighted by Crippen LogP contribution is -2.38. The van der Waals surface area contributed by atoms with E-state index in [4.69, 9.17) is 4.74 Å². The fourth-order valence-corrected chi connectivity index (χ4v) is 2.77. The Hall–Kier alpha value is -2.01. The van der Waals surface area contributed by atoms with Gasteiger partial charge in [-0.3, -0.25) is 4.99 Å². The van der Waals surface area contributed by atoms with Crippen molar-refractivity contribution in [1.82, 2.24) is 15.2 Å².